The van der Waals surface area contributed by atoms with Crippen LogP contribution in [0.15, 0.2) is 78.9 Å². The van der Waals surface area contributed by atoms with E-state index >= 15 is 0 Å². The number of ether oxygens (including phenoxy) is 1. The van der Waals surface area contributed by atoms with Crippen molar-refractivity contribution in [2.75, 3.05) is 5.32 Å². The molecule has 0 aliphatic heterocycles. The fourth-order valence-corrected chi connectivity index (χ4v) is 2.47. The Morgan fingerprint density at radius 1 is 0.846 bits per heavy atom. The SMILES string of the molecule is Cc1ccc(C(=O)Nc2ccccc2C(=O)OCc2ccccc2)cc1. The third-order valence-electron chi connectivity index (χ3n) is 3.92. The Morgan fingerprint density at radius 2 is 1.50 bits per heavy atom. The monoisotopic (exact) mass is 345 g/mol. The summed E-state index contributed by atoms with van der Waals surface area (Å²) in [6.07, 6.45) is 0. The average molecular weight is 345 g/mol. The van der Waals surface area contributed by atoms with Crippen LogP contribution in [0.1, 0.15) is 31.8 Å². The van der Waals surface area contributed by atoms with Crippen LogP contribution in [0.5, 0.6) is 0 Å². The van der Waals surface area contributed by atoms with E-state index in [1.807, 2.05) is 49.4 Å². The van der Waals surface area contributed by atoms with Crippen molar-refractivity contribution < 1.29 is 14.3 Å². The van der Waals surface area contributed by atoms with E-state index in [4.69, 9.17) is 4.74 Å². The first-order valence-electron chi connectivity index (χ1n) is 8.31. The highest BCUT2D eigenvalue weighted by Gasteiger charge is 2.15. The van der Waals surface area contributed by atoms with Crippen LogP contribution in [-0.4, -0.2) is 11.9 Å². The molecule has 4 heteroatoms. The van der Waals surface area contributed by atoms with Gasteiger partial charge in [0.25, 0.3) is 5.91 Å². The summed E-state index contributed by atoms with van der Waals surface area (Å²) in [5.41, 5.74) is 3.26. The standard InChI is InChI=1S/C22H19NO3/c1-16-11-13-18(14-12-16)21(24)23-20-10-6-5-9-19(20)22(25)26-15-17-7-3-2-4-8-17/h2-14H,15H2,1H3,(H,23,24). The van der Waals surface area contributed by atoms with E-state index in [0.717, 1.165) is 11.1 Å². The molecule has 0 radical (unpaired) electrons. The van der Waals surface area contributed by atoms with Crippen LogP contribution in [-0.2, 0) is 11.3 Å². The summed E-state index contributed by atoms with van der Waals surface area (Å²) in [5, 5.41) is 2.79. The van der Waals surface area contributed by atoms with Crippen molar-refractivity contribution in [1.29, 1.82) is 0 Å². The number of carbonyl (C=O) groups excluding carboxylic acids is 2. The Labute approximate surface area is 152 Å². The highest BCUT2D eigenvalue weighted by molar-refractivity contribution is 6.08. The van der Waals surface area contributed by atoms with E-state index in [1.54, 1.807) is 36.4 Å². The number of benzene rings is 3. The molecule has 1 amide bonds. The molecule has 4 nitrogen and oxygen atoms in total. The van der Waals surface area contributed by atoms with Gasteiger partial charge in [0.2, 0.25) is 0 Å². The van der Waals surface area contributed by atoms with Crippen LogP contribution >= 0.6 is 0 Å². The van der Waals surface area contributed by atoms with Crippen LogP contribution in [0, 0.1) is 6.92 Å². The molecule has 3 rings (SSSR count). The molecule has 1 N–H and O–H groups in total. The highest BCUT2D eigenvalue weighted by Crippen LogP contribution is 2.18. The first-order valence-corrected chi connectivity index (χ1v) is 8.31. The Balaban J connectivity index is 1.72. The summed E-state index contributed by atoms with van der Waals surface area (Å²) >= 11 is 0. The normalized spacial score (nSPS) is 10.2. The minimum atomic E-state index is -0.478. The smallest absolute Gasteiger partial charge is 0.340 e. The van der Waals surface area contributed by atoms with Gasteiger partial charge in [0.15, 0.2) is 0 Å². The number of aryl methyl sites for hydroxylation is 1. The van der Waals surface area contributed by atoms with E-state index in [9.17, 15) is 9.59 Å². The molecule has 3 aromatic carbocycles. The Kier molecular flexibility index (Phi) is 5.44. The molecule has 0 atom stereocenters. The van der Waals surface area contributed by atoms with Crippen molar-refractivity contribution in [1.82, 2.24) is 0 Å². The lowest BCUT2D eigenvalue weighted by atomic mass is 10.1. The van der Waals surface area contributed by atoms with Crippen LogP contribution in [0.25, 0.3) is 0 Å². The lowest BCUT2D eigenvalue weighted by Gasteiger charge is -2.11. The summed E-state index contributed by atoms with van der Waals surface area (Å²) in [7, 11) is 0. The van der Waals surface area contributed by atoms with Crippen molar-refractivity contribution in [3.63, 3.8) is 0 Å². The van der Waals surface area contributed by atoms with Gasteiger partial charge in [0, 0.05) is 5.56 Å². The number of para-hydroxylation sites is 1. The zero-order valence-corrected chi connectivity index (χ0v) is 14.4. The zero-order valence-electron chi connectivity index (χ0n) is 14.4. The van der Waals surface area contributed by atoms with E-state index in [0.29, 0.717) is 16.8 Å². The zero-order chi connectivity index (χ0) is 18.4. The number of carbonyl (C=O) groups is 2. The molecule has 0 saturated carbocycles. The molecule has 0 aliphatic rings. The average Bonchev–Trinajstić information content (AvgIpc) is 2.68. The fraction of sp³-hybridized carbons (Fsp3) is 0.0909. The number of esters is 1. The van der Waals surface area contributed by atoms with Gasteiger partial charge in [0.05, 0.1) is 11.3 Å². The number of rotatable bonds is 5. The van der Waals surface area contributed by atoms with Gasteiger partial charge in [0.1, 0.15) is 6.61 Å². The van der Waals surface area contributed by atoms with E-state index < -0.39 is 5.97 Å². The molecule has 0 saturated heterocycles. The summed E-state index contributed by atoms with van der Waals surface area (Å²) in [6, 6.07) is 23.5. The van der Waals surface area contributed by atoms with Crippen molar-refractivity contribution in [3.8, 4) is 0 Å². The molecule has 26 heavy (non-hydrogen) atoms. The molecule has 0 aromatic heterocycles. The summed E-state index contributed by atoms with van der Waals surface area (Å²) < 4.78 is 5.37. The Hall–Kier alpha value is -3.40. The van der Waals surface area contributed by atoms with Crippen molar-refractivity contribution in [2.45, 2.75) is 13.5 Å². The number of hydrogen-bond acceptors (Lipinski definition) is 3. The maximum absolute atomic E-state index is 12.4. The Morgan fingerprint density at radius 3 is 2.23 bits per heavy atom. The first-order chi connectivity index (χ1) is 12.6. The minimum absolute atomic E-state index is 0.180. The van der Waals surface area contributed by atoms with Crippen molar-refractivity contribution in [3.05, 3.63) is 101 Å². The number of hydrogen-bond donors (Lipinski definition) is 1. The molecule has 130 valence electrons. The van der Waals surface area contributed by atoms with Gasteiger partial charge in [-0.05, 0) is 36.8 Å². The molecule has 0 fully saturated rings. The van der Waals surface area contributed by atoms with Gasteiger partial charge in [-0.1, -0.05) is 60.2 Å². The fourth-order valence-electron chi connectivity index (χ4n) is 2.47. The maximum atomic E-state index is 12.4. The predicted octanol–water partition coefficient (Wildman–Crippen LogP) is 4.60. The molecule has 0 aliphatic carbocycles. The third kappa shape index (κ3) is 4.36. The van der Waals surface area contributed by atoms with Gasteiger partial charge >= 0.3 is 5.97 Å². The summed E-state index contributed by atoms with van der Waals surface area (Å²) in [5.74, 6) is -0.748. The topological polar surface area (TPSA) is 55.4 Å². The van der Waals surface area contributed by atoms with Gasteiger partial charge in [-0.2, -0.15) is 0 Å². The molecule has 0 spiro atoms. The summed E-state index contributed by atoms with van der Waals surface area (Å²) in [4.78, 5) is 24.8. The molecule has 3 aromatic rings. The molecule has 0 heterocycles. The maximum Gasteiger partial charge on any atom is 0.340 e. The van der Waals surface area contributed by atoms with Crippen LogP contribution < -0.4 is 5.32 Å². The second kappa shape index (κ2) is 8.12. The van der Waals surface area contributed by atoms with E-state index in [-0.39, 0.29) is 12.5 Å². The Bertz CT molecular complexity index is 902. The predicted molar refractivity (Wildman–Crippen MR) is 101 cm³/mol. The minimum Gasteiger partial charge on any atom is -0.457 e. The van der Waals surface area contributed by atoms with Crippen LogP contribution in [0.3, 0.4) is 0 Å². The lowest BCUT2D eigenvalue weighted by molar-refractivity contribution is 0.0474. The van der Waals surface area contributed by atoms with Gasteiger partial charge in [-0.25, -0.2) is 4.79 Å². The lowest BCUT2D eigenvalue weighted by Crippen LogP contribution is -2.15. The van der Waals surface area contributed by atoms with Gasteiger partial charge in [-0.3, -0.25) is 4.79 Å². The largest absolute Gasteiger partial charge is 0.457 e. The highest BCUT2D eigenvalue weighted by atomic mass is 16.5. The van der Waals surface area contributed by atoms with Crippen LogP contribution in [0.4, 0.5) is 5.69 Å². The van der Waals surface area contributed by atoms with Crippen molar-refractivity contribution >= 4 is 17.6 Å². The molecular weight excluding hydrogens is 326 g/mol. The van der Waals surface area contributed by atoms with Gasteiger partial charge < -0.3 is 10.1 Å². The molecule has 0 bridgehead atoms. The molecular formula is C22H19NO3. The second-order valence-electron chi connectivity index (χ2n) is 5.93. The quantitative estimate of drug-likeness (QED) is 0.687. The first kappa shape index (κ1) is 17.4. The number of anilines is 1. The van der Waals surface area contributed by atoms with Crippen LogP contribution in [0.2, 0.25) is 0 Å². The number of nitrogens with one attached hydrogen (secondary N) is 1. The molecule has 0 unspecified atom stereocenters. The van der Waals surface area contributed by atoms with Crippen molar-refractivity contribution in [2.24, 2.45) is 0 Å². The summed E-state index contributed by atoms with van der Waals surface area (Å²) in [6.45, 7) is 2.14. The van der Waals surface area contributed by atoms with Gasteiger partial charge in [-0.15, -0.1) is 0 Å². The van der Waals surface area contributed by atoms with E-state index in [1.165, 1.54) is 0 Å². The third-order valence-corrected chi connectivity index (χ3v) is 3.92. The second-order valence-corrected chi connectivity index (χ2v) is 5.93. The van der Waals surface area contributed by atoms with E-state index in [2.05, 4.69) is 5.32 Å². The number of amides is 1.